The normalized spacial score (nSPS) is 13.9. The van der Waals surface area contributed by atoms with Crippen molar-refractivity contribution in [2.24, 2.45) is 0 Å². The van der Waals surface area contributed by atoms with Gasteiger partial charge in [0.2, 0.25) is 11.8 Å². The van der Waals surface area contributed by atoms with Crippen LogP contribution in [0.25, 0.3) is 0 Å². The Bertz CT molecular complexity index is 1780. The maximum Gasteiger partial charge on any atom is 0.264 e. The summed E-state index contributed by atoms with van der Waals surface area (Å²) < 4.78 is 34.7. The molecule has 1 aliphatic carbocycles. The third-order valence-electron chi connectivity index (χ3n) is 8.44. The molecule has 1 fully saturated rings. The lowest BCUT2D eigenvalue weighted by molar-refractivity contribution is -0.140. The van der Waals surface area contributed by atoms with Crippen LogP contribution in [0.1, 0.15) is 42.4 Å². The van der Waals surface area contributed by atoms with E-state index in [-0.39, 0.29) is 40.5 Å². The van der Waals surface area contributed by atoms with Gasteiger partial charge in [-0.15, -0.1) is 0 Å². The van der Waals surface area contributed by atoms with E-state index in [1.807, 2.05) is 61.5 Å². The Balaban J connectivity index is 1.58. The highest BCUT2D eigenvalue weighted by atomic mass is 35.5. The minimum atomic E-state index is -4.24. The van der Waals surface area contributed by atoms with Crippen LogP contribution in [0.15, 0.2) is 108 Å². The summed E-state index contributed by atoms with van der Waals surface area (Å²) in [5, 5.41) is 3.39. The number of sulfonamides is 1. The molecular weight excluding hydrogens is 634 g/mol. The number of amides is 2. The van der Waals surface area contributed by atoms with Crippen LogP contribution in [0, 0.1) is 6.92 Å². The molecule has 0 aliphatic heterocycles. The van der Waals surface area contributed by atoms with Crippen molar-refractivity contribution in [1.82, 2.24) is 10.2 Å². The summed E-state index contributed by atoms with van der Waals surface area (Å²) >= 11 is 6.46. The van der Waals surface area contributed by atoms with Crippen LogP contribution in [-0.4, -0.2) is 50.9 Å². The van der Waals surface area contributed by atoms with E-state index in [2.05, 4.69) is 5.32 Å². The third kappa shape index (κ3) is 8.53. The molecule has 246 valence electrons. The van der Waals surface area contributed by atoms with Crippen LogP contribution >= 0.6 is 11.6 Å². The summed E-state index contributed by atoms with van der Waals surface area (Å²) in [6.07, 6.45) is 4.11. The number of methoxy groups -OCH3 is 1. The molecule has 1 N–H and O–H groups in total. The Morgan fingerprint density at radius 1 is 0.894 bits per heavy atom. The lowest BCUT2D eigenvalue weighted by atomic mass is 10.0. The summed E-state index contributed by atoms with van der Waals surface area (Å²) in [6.45, 7) is 1.51. The Labute approximate surface area is 282 Å². The second kappa shape index (κ2) is 15.5. The van der Waals surface area contributed by atoms with Crippen LogP contribution in [0.2, 0.25) is 5.02 Å². The van der Waals surface area contributed by atoms with Crippen LogP contribution in [0.3, 0.4) is 0 Å². The largest absolute Gasteiger partial charge is 0.495 e. The van der Waals surface area contributed by atoms with Crippen molar-refractivity contribution in [1.29, 1.82) is 0 Å². The molecule has 2 amide bonds. The van der Waals surface area contributed by atoms with Gasteiger partial charge in [0.25, 0.3) is 10.0 Å². The monoisotopic (exact) mass is 673 g/mol. The topological polar surface area (TPSA) is 96.0 Å². The minimum absolute atomic E-state index is 0.0183. The predicted octanol–water partition coefficient (Wildman–Crippen LogP) is 6.55. The van der Waals surface area contributed by atoms with Crippen molar-refractivity contribution in [3.05, 3.63) is 125 Å². The van der Waals surface area contributed by atoms with Crippen molar-refractivity contribution >= 4 is 39.1 Å². The fourth-order valence-electron chi connectivity index (χ4n) is 5.99. The summed E-state index contributed by atoms with van der Waals surface area (Å²) in [5.41, 5.74) is 2.91. The summed E-state index contributed by atoms with van der Waals surface area (Å²) in [6, 6.07) is 29.0. The first-order valence-electron chi connectivity index (χ1n) is 15.8. The highest BCUT2D eigenvalue weighted by Crippen LogP contribution is 2.32. The average Bonchev–Trinajstić information content (AvgIpc) is 3.59. The smallest absolute Gasteiger partial charge is 0.264 e. The number of hydrogen-bond acceptors (Lipinski definition) is 5. The number of carbonyl (C=O) groups is 2. The highest BCUT2D eigenvalue weighted by molar-refractivity contribution is 7.92. The SMILES string of the molecule is COc1ccc(N(CC(=O)N(Cc2cccc(C)c2)[C@@H](Cc2ccccc2)C(=O)NC2CCCC2)S(=O)(=O)c2ccccc2)cc1Cl. The van der Waals surface area contributed by atoms with E-state index in [1.165, 1.54) is 30.2 Å². The zero-order chi connectivity index (χ0) is 33.4. The molecule has 0 heterocycles. The minimum Gasteiger partial charge on any atom is -0.495 e. The zero-order valence-electron chi connectivity index (χ0n) is 26.6. The Kier molecular flexibility index (Phi) is 11.2. The number of hydrogen-bond donors (Lipinski definition) is 1. The first-order chi connectivity index (χ1) is 22.7. The number of rotatable bonds is 13. The molecule has 4 aromatic carbocycles. The van der Waals surface area contributed by atoms with Crippen molar-refractivity contribution < 1.29 is 22.7 Å². The van der Waals surface area contributed by atoms with Gasteiger partial charge in [0.15, 0.2) is 0 Å². The summed E-state index contributed by atoms with van der Waals surface area (Å²) in [7, 11) is -2.77. The van der Waals surface area contributed by atoms with Gasteiger partial charge in [-0.2, -0.15) is 0 Å². The van der Waals surface area contributed by atoms with Gasteiger partial charge in [-0.1, -0.05) is 103 Å². The van der Waals surface area contributed by atoms with E-state index in [0.717, 1.165) is 46.7 Å². The van der Waals surface area contributed by atoms with E-state index in [0.29, 0.717) is 5.75 Å². The van der Waals surface area contributed by atoms with Crippen LogP contribution in [0.5, 0.6) is 5.75 Å². The van der Waals surface area contributed by atoms with Crippen molar-refractivity contribution in [2.45, 2.75) is 62.6 Å². The molecule has 0 saturated heterocycles. The molecule has 0 spiro atoms. The molecule has 10 heteroatoms. The second-order valence-electron chi connectivity index (χ2n) is 11.8. The molecular formula is C37H40ClN3O5S. The van der Waals surface area contributed by atoms with E-state index >= 15 is 0 Å². The molecule has 0 bridgehead atoms. The first kappa shape index (κ1) is 34.0. The molecule has 1 aliphatic rings. The molecule has 0 aromatic heterocycles. The van der Waals surface area contributed by atoms with Crippen LogP contribution < -0.4 is 14.4 Å². The van der Waals surface area contributed by atoms with Crippen molar-refractivity contribution in [3.8, 4) is 5.75 Å². The number of benzene rings is 4. The third-order valence-corrected chi connectivity index (χ3v) is 10.5. The molecule has 1 atom stereocenters. The lowest BCUT2D eigenvalue weighted by Gasteiger charge is -2.34. The Hall–Kier alpha value is -4.34. The standard InChI is InChI=1S/C37H40ClN3O5S/c1-27-12-11-15-29(22-27)25-40(34(23-28-13-5-3-6-14-28)37(43)39-30-16-9-10-17-30)36(42)26-41(31-20-21-35(46-2)33(38)24-31)47(44,45)32-18-7-4-8-19-32/h3-8,11-15,18-22,24,30,34H,9-10,16-17,23,25-26H2,1-2H3,(H,39,43)/t34-/m0/s1. The van der Waals surface area contributed by atoms with Gasteiger partial charge in [0.1, 0.15) is 18.3 Å². The molecule has 1 saturated carbocycles. The second-order valence-corrected chi connectivity index (χ2v) is 14.1. The van der Waals surface area contributed by atoms with Gasteiger partial charge >= 0.3 is 0 Å². The van der Waals surface area contributed by atoms with E-state index in [4.69, 9.17) is 16.3 Å². The predicted molar refractivity (Wildman–Crippen MR) is 185 cm³/mol. The maximum absolute atomic E-state index is 14.7. The maximum atomic E-state index is 14.7. The number of carbonyl (C=O) groups excluding carboxylic acids is 2. The molecule has 0 radical (unpaired) electrons. The number of nitrogens with one attached hydrogen (secondary N) is 1. The molecule has 4 aromatic rings. The highest BCUT2D eigenvalue weighted by Gasteiger charge is 2.35. The molecule has 8 nitrogen and oxygen atoms in total. The molecule has 47 heavy (non-hydrogen) atoms. The fourth-order valence-corrected chi connectivity index (χ4v) is 7.67. The van der Waals surface area contributed by atoms with Gasteiger partial charge in [0, 0.05) is 19.0 Å². The first-order valence-corrected chi connectivity index (χ1v) is 17.6. The van der Waals surface area contributed by atoms with Crippen molar-refractivity contribution in [2.75, 3.05) is 18.0 Å². The fraction of sp³-hybridized carbons (Fsp3) is 0.297. The van der Waals surface area contributed by atoms with Gasteiger partial charge in [0.05, 0.1) is 22.7 Å². The molecule has 5 rings (SSSR count). The van der Waals surface area contributed by atoms with Crippen LogP contribution in [-0.2, 0) is 32.6 Å². The van der Waals surface area contributed by atoms with E-state index in [9.17, 15) is 18.0 Å². The van der Waals surface area contributed by atoms with E-state index < -0.39 is 28.5 Å². The van der Waals surface area contributed by atoms with Gasteiger partial charge in [-0.25, -0.2) is 8.42 Å². The van der Waals surface area contributed by atoms with Gasteiger partial charge < -0.3 is 15.0 Å². The number of halogens is 1. The number of aryl methyl sites for hydroxylation is 1. The number of nitrogens with zero attached hydrogens (tertiary/aromatic N) is 2. The van der Waals surface area contributed by atoms with Gasteiger partial charge in [-0.05, 0) is 61.2 Å². The van der Waals surface area contributed by atoms with Crippen molar-refractivity contribution in [3.63, 3.8) is 0 Å². The van der Waals surface area contributed by atoms with E-state index in [1.54, 1.807) is 30.3 Å². The molecule has 0 unspecified atom stereocenters. The average molecular weight is 674 g/mol. The van der Waals surface area contributed by atoms with Crippen LogP contribution in [0.4, 0.5) is 5.69 Å². The summed E-state index contributed by atoms with van der Waals surface area (Å²) in [4.78, 5) is 30.3. The van der Waals surface area contributed by atoms with Gasteiger partial charge in [-0.3, -0.25) is 13.9 Å². The zero-order valence-corrected chi connectivity index (χ0v) is 28.2. The summed E-state index contributed by atoms with van der Waals surface area (Å²) in [5.74, 6) is -0.418. The quantitative estimate of drug-likeness (QED) is 0.174. The lowest BCUT2D eigenvalue weighted by Crippen LogP contribution is -2.54. The Morgan fingerprint density at radius 3 is 2.19 bits per heavy atom. The number of ether oxygens (including phenoxy) is 1. The number of anilines is 1. The Morgan fingerprint density at radius 2 is 1.55 bits per heavy atom.